The third kappa shape index (κ3) is 3.71. The Labute approximate surface area is 240 Å². The number of benzene rings is 3. The minimum atomic E-state index is -0.781. The summed E-state index contributed by atoms with van der Waals surface area (Å²) in [5.41, 5.74) is 4.50. The molecule has 1 saturated heterocycles. The fourth-order valence-corrected chi connectivity index (χ4v) is 7.47. The molecule has 9 heteroatoms. The number of H-pyrrole nitrogens is 1. The summed E-state index contributed by atoms with van der Waals surface area (Å²) in [7, 11) is 0. The minimum absolute atomic E-state index is 0.0154. The van der Waals surface area contributed by atoms with Gasteiger partial charge in [-0.25, -0.2) is 0 Å². The number of likely N-dealkylation sites (tertiary alicyclic amines) is 1. The molecule has 3 aliphatic rings. The lowest BCUT2D eigenvalue weighted by Gasteiger charge is -2.39. The Kier molecular flexibility index (Phi) is 5.82. The maximum atomic E-state index is 14.2. The second kappa shape index (κ2) is 9.30. The van der Waals surface area contributed by atoms with Crippen LogP contribution in [-0.4, -0.2) is 59.0 Å². The van der Waals surface area contributed by atoms with Gasteiger partial charge in [-0.15, -0.1) is 0 Å². The summed E-state index contributed by atoms with van der Waals surface area (Å²) in [5, 5.41) is 7.84. The van der Waals surface area contributed by atoms with Gasteiger partial charge >= 0.3 is 0 Å². The fourth-order valence-electron chi connectivity index (χ4n) is 6.73. The number of aromatic nitrogens is 2. The van der Waals surface area contributed by atoms with Crippen molar-refractivity contribution < 1.29 is 14.4 Å². The van der Waals surface area contributed by atoms with E-state index in [0.29, 0.717) is 38.0 Å². The molecule has 1 aromatic heterocycles. The van der Waals surface area contributed by atoms with Crippen LogP contribution in [0.1, 0.15) is 47.2 Å². The van der Waals surface area contributed by atoms with Crippen LogP contribution in [0.25, 0.3) is 10.9 Å². The third-order valence-electron chi connectivity index (χ3n) is 8.82. The Hall–Kier alpha value is -3.98. The van der Waals surface area contributed by atoms with Gasteiger partial charge in [0.1, 0.15) is 6.54 Å². The normalized spacial score (nSPS) is 19.4. The van der Waals surface area contributed by atoms with Crippen molar-refractivity contribution >= 4 is 55.9 Å². The van der Waals surface area contributed by atoms with E-state index in [2.05, 4.69) is 39.1 Å². The Morgan fingerprint density at radius 3 is 2.65 bits per heavy atom. The Morgan fingerprint density at radius 1 is 1.05 bits per heavy atom. The van der Waals surface area contributed by atoms with Crippen LogP contribution in [0.15, 0.2) is 71.3 Å². The average Bonchev–Trinajstić information content (AvgIpc) is 3.64. The first kappa shape index (κ1) is 25.0. The van der Waals surface area contributed by atoms with Crippen molar-refractivity contribution in [3.63, 3.8) is 0 Å². The van der Waals surface area contributed by atoms with Crippen LogP contribution in [-0.2, 0) is 15.0 Å². The standard InChI is InChI=1S/C31H28BrN5O3/c1-19-17-36(25-7-3-2-5-22(19)25)27(38)18-37-26-8-4-6-23(32)28(26)31(30(37)40)11-13-35(14-12-31)29(39)20-9-10-24-21(15-20)16-33-34-24/h2-10,15-16,19H,11-14,17-18H2,1H3,(H,33,34). The lowest BCUT2D eigenvalue weighted by molar-refractivity contribution is -0.126. The van der Waals surface area contributed by atoms with E-state index >= 15 is 0 Å². The Balaban J connectivity index is 1.14. The number of carbonyl (C=O) groups is 3. The number of carbonyl (C=O) groups excluding carboxylic acids is 3. The van der Waals surface area contributed by atoms with Crippen LogP contribution in [0, 0.1) is 0 Å². The second-order valence-electron chi connectivity index (χ2n) is 11.0. The van der Waals surface area contributed by atoms with E-state index in [1.54, 1.807) is 11.1 Å². The van der Waals surface area contributed by atoms with Gasteiger partial charge < -0.3 is 14.7 Å². The molecular weight excluding hydrogens is 570 g/mol. The van der Waals surface area contributed by atoms with Crippen molar-refractivity contribution in [1.29, 1.82) is 0 Å². The van der Waals surface area contributed by atoms with Gasteiger partial charge in [0.2, 0.25) is 11.8 Å². The van der Waals surface area contributed by atoms with Gasteiger partial charge in [0.05, 0.1) is 17.1 Å². The molecule has 1 spiro atoms. The summed E-state index contributed by atoms with van der Waals surface area (Å²) in [6.45, 7) is 3.62. The maximum Gasteiger partial charge on any atom is 0.253 e. The third-order valence-corrected chi connectivity index (χ3v) is 9.48. The van der Waals surface area contributed by atoms with E-state index in [9.17, 15) is 14.4 Å². The highest BCUT2D eigenvalue weighted by Crippen LogP contribution is 2.51. The summed E-state index contributed by atoms with van der Waals surface area (Å²) in [5.74, 6) is 0.0495. The van der Waals surface area contributed by atoms with Crippen molar-refractivity contribution in [2.75, 3.05) is 36.0 Å². The van der Waals surface area contributed by atoms with Gasteiger partial charge in [0.15, 0.2) is 0 Å². The number of hydrogen-bond acceptors (Lipinski definition) is 4. The van der Waals surface area contributed by atoms with Crippen molar-refractivity contribution in [3.8, 4) is 0 Å². The van der Waals surface area contributed by atoms with Crippen molar-refractivity contribution in [1.82, 2.24) is 15.1 Å². The van der Waals surface area contributed by atoms with Gasteiger partial charge in [-0.3, -0.25) is 19.5 Å². The predicted molar refractivity (Wildman–Crippen MR) is 157 cm³/mol. The van der Waals surface area contributed by atoms with Crippen LogP contribution in [0.3, 0.4) is 0 Å². The first-order chi connectivity index (χ1) is 19.4. The van der Waals surface area contributed by atoms with Crippen LogP contribution in [0.5, 0.6) is 0 Å². The maximum absolute atomic E-state index is 14.2. The highest BCUT2D eigenvalue weighted by Gasteiger charge is 2.54. The first-order valence-corrected chi connectivity index (χ1v) is 14.4. The molecule has 4 aromatic rings. The number of anilines is 2. The molecular formula is C31H28BrN5O3. The number of amides is 3. The number of aromatic amines is 1. The molecule has 3 aromatic carbocycles. The van der Waals surface area contributed by atoms with E-state index in [1.165, 1.54) is 0 Å². The average molecular weight is 599 g/mol. The number of fused-ring (bicyclic) bond motifs is 4. The van der Waals surface area contributed by atoms with E-state index < -0.39 is 5.41 Å². The summed E-state index contributed by atoms with van der Waals surface area (Å²) in [6, 6.07) is 19.3. The molecule has 0 radical (unpaired) electrons. The van der Waals surface area contributed by atoms with Gasteiger partial charge in [-0.2, -0.15) is 5.10 Å². The largest absolute Gasteiger partial charge is 0.339 e. The molecule has 3 amide bonds. The van der Waals surface area contributed by atoms with E-state index in [0.717, 1.165) is 37.9 Å². The van der Waals surface area contributed by atoms with Crippen molar-refractivity contribution in [3.05, 3.63) is 88.0 Å². The number of piperidine rings is 1. The second-order valence-corrected chi connectivity index (χ2v) is 11.9. The lowest BCUT2D eigenvalue weighted by atomic mass is 9.73. The molecule has 1 N–H and O–H groups in total. The smallest absolute Gasteiger partial charge is 0.253 e. The summed E-state index contributed by atoms with van der Waals surface area (Å²) >= 11 is 3.71. The number of rotatable bonds is 3. The molecule has 0 saturated carbocycles. The monoisotopic (exact) mass is 597 g/mol. The van der Waals surface area contributed by atoms with Crippen LogP contribution >= 0.6 is 15.9 Å². The summed E-state index contributed by atoms with van der Waals surface area (Å²) in [6.07, 6.45) is 2.70. The molecule has 0 bridgehead atoms. The summed E-state index contributed by atoms with van der Waals surface area (Å²) < 4.78 is 0.860. The van der Waals surface area contributed by atoms with Crippen LogP contribution in [0.4, 0.5) is 11.4 Å². The molecule has 1 unspecified atom stereocenters. The van der Waals surface area contributed by atoms with Crippen molar-refractivity contribution in [2.45, 2.75) is 31.1 Å². The Morgan fingerprint density at radius 2 is 1.82 bits per heavy atom. The molecule has 7 rings (SSSR count). The van der Waals surface area contributed by atoms with Crippen molar-refractivity contribution in [2.24, 2.45) is 0 Å². The predicted octanol–water partition coefficient (Wildman–Crippen LogP) is 5.00. The molecule has 202 valence electrons. The SMILES string of the molecule is CC1CN(C(=O)CN2C(=O)C3(CCN(C(=O)c4ccc5[nH]ncc5c4)CC3)c3c(Br)cccc32)c2ccccc21. The van der Waals surface area contributed by atoms with E-state index in [-0.39, 0.29) is 30.2 Å². The quantitative estimate of drug-likeness (QED) is 0.360. The van der Waals surface area contributed by atoms with Gasteiger partial charge in [0.25, 0.3) is 5.91 Å². The van der Waals surface area contributed by atoms with Gasteiger partial charge in [-0.1, -0.05) is 47.1 Å². The van der Waals surface area contributed by atoms with Crippen LogP contribution < -0.4 is 9.80 Å². The highest BCUT2D eigenvalue weighted by molar-refractivity contribution is 9.10. The lowest BCUT2D eigenvalue weighted by Crippen LogP contribution is -2.51. The van der Waals surface area contributed by atoms with Gasteiger partial charge in [-0.05, 0) is 54.8 Å². The van der Waals surface area contributed by atoms with E-state index in [4.69, 9.17) is 0 Å². The van der Waals surface area contributed by atoms with Crippen LogP contribution in [0.2, 0.25) is 0 Å². The number of hydrogen-bond donors (Lipinski definition) is 1. The fraction of sp³-hybridized carbons (Fsp3) is 0.290. The zero-order valence-electron chi connectivity index (χ0n) is 22.1. The molecule has 0 aliphatic carbocycles. The highest BCUT2D eigenvalue weighted by atomic mass is 79.9. The molecule has 1 fully saturated rings. The molecule has 1 atom stereocenters. The zero-order chi connectivity index (χ0) is 27.6. The topological polar surface area (TPSA) is 89.6 Å². The molecule has 40 heavy (non-hydrogen) atoms. The number of halogens is 1. The van der Waals surface area contributed by atoms with E-state index in [1.807, 2.05) is 64.4 Å². The Bertz CT molecular complexity index is 1690. The molecule has 8 nitrogen and oxygen atoms in total. The molecule has 4 heterocycles. The van der Waals surface area contributed by atoms with Gasteiger partial charge in [0, 0.05) is 57.9 Å². The summed E-state index contributed by atoms with van der Waals surface area (Å²) in [4.78, 5) is 46.6. The number of nitrogens with one attached hydrogen (secondary N) is 1. The molecule has 3 aliphatic heterocycles. The zero-order valence-corrected chi connectivity index (χ0v) is 23.6. The number of nitrogens with zero attached hydrogens (tertiary/aromatic N) is 4. The first-order valence-electron chi connectivity index (χ1n) is 13.6. The minimum Gasteiger partial charge on any atom is -0.339 e. The number of para-hydroxylation sites is 1.